The Morgan fingerprint density at radius 1 is 0.697 bits per heavy atom. The monoisotopic (exact) mass is 445 g/mol. The molecule has 2 heteroatoms. The second-order valence-electron chi connectivity index (χ2n) is 8.04. The molecule has 0 spiro atoms. The summed E-state index contributed by atoms with van der Waals surface area (Å²) in [6.07, 6.45) is 34.5. The average molecular weight is 446 g/mol. The van der Waals surface area contributed by atoms with Gasteiger partial charge in [0, 0.05) is 13.0 Å². The average Bonchev–Trinajstić information content (AvgIpc) is 2.82. The Labute approximate surface area is 202 Å². The molecule has 0 heterocycles. The van der Waals surface area contributed by atoms with E-state index in [9.17, 15) is 4.79 Å². The lowest BCUT2D eigenvalue weighted by atomic mass is 10.1. The highest BCUT2D eigenvalue weighted by Gasteiger charge is 1.99. The molecule has 1 rings (SSSR count). The molecule has 0 aliphatic heterocycles. The number of carbonyl (C=O) groups excluding carboxylic acids is 1. The summed E-state index contributed by atoms with van der Waals surface area (Å²) in [5, 5.41) is 3.00. The number of amides is 1. The molecule has 1 amide bonds. The minimum Gasteiger partial charge on any atom is -0.356 e. The van der Waals surface area contributed by atoms with Gasteiger partial charge in [0.1, 0.15) is 0 Å². The van der Waals surface area contributed by atoms with Crippen LogP contribution in [-0.2, 0) is 11.2 Å². The van der Waals surface area contributed by atoms with Crippen molar-refractivity contribution in [1.82, 2.24) is 5.32 Å². The fourth-order valence-electron chi connectivity index (χ4n) is 3.04. The zero-order valence-corrected chi connectivity index (χ0v) is 20.7. The van der Waals surface area contributed by atoms with Crippen LogP contribution < -0.4 is 5.32 Å². The first-order chi connectivity index (χ1) is 16.2. The molecular formula is C31H43NO. The van der Waals surface area contributed by atoms with Crippen molar-refractivity contribution in [2.75, 3.05) is 6.54 Å². The first kappa shape index (κ1) is 28.2. The minimum absolute atomic E-state index is 0.127. The number of hydrogen-bond donors (Lipinski definition) is 1. The van der Waals surface area contributed by atoms with Gasteiger partial charge in [-0.15, -0.1) is 0 Å². The molecule has 0 radical (unpaired) electrons. The topological polar surface area (TPSA) is 29.1 Å². The summed E-state index contributed by atoms with van der Waals surface area (Å²) in [5.74, 6) is 0.127. The molecule has 0 bridgehead atoms. The summed E-state index contributed by atoms with van der Waals surface area (Å²) in [6.45, 7) is 4.94. The van der Waals surface area contributed by atoms with Crippen LogP contribution in [0.1, 0.15) is 69.4 Å². The highest BCUT2D eigenvalue weighted by molar-refractivity contribution is 5.75. The maximum absolute atomic E-state index is 11.9. The first-order valence-corrected chi connectivity index (χ1v) is 12.4. The molecule has 1 aromatic carbocycles. The van der Waals surface area contributed by atoms with Crippen LogP contribution in [0.25, 0.3) is 0 Å². The van der Waals surface area contributed by atoms with Crippen LogP contribution in [0.4, 0.5) is 0 Å². The zero-order valence-electron chi connectivity index (χ0n) is 20.7. The Hall–Kier alpha value is -2.87. The number of rotatable bonds is 17. The summed E-state index contributed by atoms with van der Waals surface area (Å²) in [7, 11) is 0. The molecule has 0 unspecified atom stereocenters. The van der Waals surface area contributed by atoms with E-state index in [0.717, 1.165) is 51.4 Å². The van der Waals surface area contributed by atoms with Crippen molar-refractivity contribution in [1.29, 1.82) is 0 Å². The summed E-state index contributed by atoms with van der Waals surface area (Å²) >= 11 is 0. The quantitative estimate of drug-likeness (QED) is 0.241. The summed E-state index contributed by atoms with van der Waals surface area (Å²) in [6, 6.07) is 8.47. The maximum Gasteiger partial charge on any atom is 0.220 e. The van der Waals surface area contributed by atoms with Crippen LogP contribution in [-0.4, -0.2) is 12.5 Å². The largest absolute Gasteiger partial charge is 0.356 e. The van der Waals surface area contributed by atoms with Crippen molar-refractivity contribution in [2.24, 2.45) is 0 Å². The normalized spacial score (nSPS) is 12.5. The third-order valence-electron chi connectivity index (χ3n) is 4.99. The van der Waals surface area contributed by atoms with Crippen molar-refractivity contribution in [3.05, 3.63) is 108 Å². The van der Waals surface area contributed by atoms with E-state index in [1.165, 1.54) is 11.1 Å². The van der Waals surface area contributed by atoms with Crippen molar-refractivity contribution < 1.29 is 4.79 Å². The molecule has 33 heavy (non-hydrogen) atoms. The van der Waals surface area contributed by atoms with Crippen LogP contribution in [0.5, 0.6) is 0 Å². The van der Waals surface area contributed by atoms with Gasteiger partial charge in [-0.25, -0.2) is 0 Å². The molecule has 0 saturated carbocycles. The molecule has 0 atom stereocenters. The second-order valence-corrected chi connectivity index (χ2v) is 8.04. The molecule has 0 aromatic heterocycles. The Kier molecular flexibility index (Phi) is 17.9. The molecule has 2 nitrogen and oxygen atoms in total. The number of carbonyl (C=O) groups is 1. The maximum atomic E-state index is 11.9. The number of aryl methyl sites for hydroxylation is 1. The van der Waals surface area contributed by atoms with Gasteiger partial charge in [0.15, 0.2) is 0 Å². The molecular weight excluding hydrogens is 402 g/mol. The number of hydrogen-bond acceptors (Lipinski definition) is 1. The van der Waals surface area contributed by atoms with Gasteiger partial charge in [-0.2, -0.15) is 0 Å². The number of benzene rings is 1. The van der Waals surface area contributed by atoms with Gasteiger partial charge in [-0.1, -0.05) is 110 Å². The third-order valence-corrected chi connectivity index (χ3v) is 4.99. The highest BCUT2D eigenvalue weighted by atomic mass is 16.1. The summed E-state index contributed by atoms with van der Waals surface area (Å²) in [5.41, 5.74) is 2.53. The van der Waals surface area contributed by atoms with Gasteiger partial charge in [-0.3, -0.25) is 4.79 Å². The third kappa shape index (κ3) is 18.4. The lowest BCUT2D eigenvalue weighted by molar-refractivity contribution is -0.120. The summed E-state index contributed by atoms with van der Waals surface area (Å²) < 4.78 is 0. The van der Waals surface area contributed by atoms with E-state index in [1.807, 2.05) is 0 Å². The van der Waals surface area contributed by atoms with Gasteiger partial charge in [0.2, 0.25) is 5.91 Å². The van der Waals surface area contributed by atoms with E-state index in [2.05, 4.69) is 116 Å². The lowest BCUT2D eigenvalue weighted by Gasteiger charge is -2.04. The molecule has 0 saturated heterocycles. The van der Waals surface area contributed by atoms with Crippen LogP contribution in [0.2, 0.25) is 0 Å². The van der Waals surface area contributed by atoms with Gasteiger partial charge in [0.25, 0.3) is 0 Å². The Bertz CT molecular complexity index is 791. The number of allylic oxidation sites excluding steroid dienone is 12. The van der Waals surface area contributed by atoms with E-state index < -0.39 is 0 Å². The predicted octanol–water partition coefficient (Wildman–Crippen LogP) is 8.13. The second kappa shape index (κ2) is 21.0. The Balaban J connectivity index is 1.97. The van der Waals surface area contributed by atoms with E-state index in [1.54, 1.807) is 0 Å². The molecule has 0 fully saturated rings. The van der Waals surface area contributed by atoms with Crippen LogP contribution in [0.3, 0.4) is 0 Å². The molecule has 178 valence electrons. The van der Waals surface area contributed by atoms with E-state index >= 15 is 0 Å². The van der Waals surface area contributed by atoms with E-state index in [4.69, 9.17) is 0 Å². The van der Waals surface area contributed by atoms with Crippen molar-refractivity contribution in [3.8, 4) is 0 Å². The van der Waals surface area contributed by atoms with Crippen LogP contribution in [0.15, 0.2) is 97.2 Å². The van der Waals surface area contributed by atoms with Crippen molar-refractivity contribution >= 4 is 5.91 Å². The Morgan fingerprint density at radius 2 is 1.15 bits per heavy atom. The molecule has 1 N–H and O–H groups in total. The molecule has 0 aliphatic rings. The molecule has 0 aliphatic carbocycles. The van der Waals surface area contributed by atoms with Crippen LogP contribution >= 0.6 is 0 Å². The summed E-state index contributed by atoms with van der Waals surface area (Å²) in [4.78, 5) is 11.9. The van der Waals surface area contributed by atoms with Crippen LogP contribution in [0, 0.1) is 6.92 Å². The van der Waals surface area contributed by atoms with Crippen molar-refractivity contribution in [2.45, 2.75) is 71.6 Å². The highest BCUT2D eigenvalue weighted by Crippen LogP contribution is 2.03. The predicted molar refractivity (Wildman–Crippen MR) is 145 cm³/mol. The van der Waals surface area contributed by atoms with Gasteiger partial charge in [-0.05, 0) is 63.9 Å². The SMILES string of the molecule is CCC=CCC=CCC=CCC=CCC=CCC=CCCC(=O)NCCc1ccc(C)cc1. The standard InChI is InChI=1S/C31H43NO/c1-3-4-5-6-7-8-9-10-11-12-13-14-15-16-17-18-19-20-21-22-31(33)32-28-27-30-25-23-29(2)24-26-30/h4-5,7-8,10-11,13-14,16-17,19-20,23-26H,3,6,9,12,15,18,21-22,27-28H2,1-2H3,(H,32,33). The van der Waals surface area contributed by atoms with E-state index in [-0.39, 0.29) is 5.91 Å². The fraction of sp³-hybridized carbons (Fsp3) is 0.387. The van der Waals surface area contributed by atoms with Gasteiger partial charge in [0.05, 0.1) is 0 Å². The minimum atomic E-state index is 0.127. The lowest BCUT2D eigenvalue weighted by Crippen LogP contribution is -2.25. The molecule has 1 aromatic rings. The Morgan fingerprint density at radius 3 is 1.64 bits per heavy atom. The fourth-order valence-corrected chi connectivity index (χ4v) is 3.04. The smallest absolute Gasteiger partial charge is 0.220 e. The first-order valence-electron chi connectivity index (χ1n) is 12.4. The van der Waals surface area contributed by atoms with Gasteiger partial charge >= 0.3 is 0 Å². The van der Waals surface area contributed by atoms with Crippen molar-refractivity contribution in [3.63, 3.8) is 0 Å². The zero-order chi connectivity index (χ0) is 23.8. The number of nitrogens with one attached hydrogen (secondary N) is 1. The van der Waals surface area contributed by atoms with Gasteiger partial charge < -0.3 is 5.32 Å². The van der Waals surface area contributed by atoms with E-state index in [0.29, 0.717) is 13.0 Å².